The van der Waals surface area contributed by atoms with Gasteiger partial charge in [0.15, 0.2) is 11.5 Å². The third-order valence-corrected chi connectivity index (χ3v) is 4.74. The van der Waals surface area contributed by atoms with Gasteiger partial charge in [0.1, 0.15) is 0 Å². The van der Waals surface area contributed by atoms with Crippen molar-refractivity contribution in [2.75, 3.05) is 41.0 Å². The predicted octanol–water partition coefficient (Wildman–Crippen LogP) is 2.57. The van der Waals surface area contributed by atoms with E-state index in [9.17, 15) is 4.79 Å². The maximum atomic E-state index is 12.1. The minimum atomic E-state index is 0. The lowest BCUT2D eigenvalue weighted by Gasteiger charge is -2.22. The first kappa shape index (κ1) is 22.4. The van der Waals surface area contributed by atoms with Crippen molar-refractivity contribution >= 4 is 18.3 Å². The first-order valence-electron chi connectivity index (χ1n) is 8.94. The molecule has 0 atom stereocenters. The van der Waals surface area contributed by atoms with Crippen molar-refractivity contribution in [3.05, 3.63) is 17.7 Å². The van der Waals surface area contributed by atoms with E-state index < -0.39 is 0 Å². The molecule has 26 heavy (non-hydrogen) atoms. The van der Waals surface area contributed by atoms with E-state index in [0.29, 0.717) is 42.6 Å². The molecule has 1 aliphatic rings. The molecule has 2 rings (SSSR count). The molecule has 1 amide bonds. The Balaban J connectivity index is 0.00000338. The highest BCUT2D eigenvalue weighted by Crippen LogP contribution is 2.39. The van der Waals surface area contributed by atoms with Crippen molar-refractivity contribution in [3.63, 3.8) is 0 Å². The summed E-state index contributed by atoms with van der Waals surface area (Å²) in [5.41, 5.74) is 0.985. The zero-order valence-electron chi connectivity index (χ0n) is 15.9. The highest BCUT2D eigenvalue weighted by molar-refractivity contribution is 5.85. The van der Waals surface area contributed by atoms with Crippen LogP contribution in [0.5, 0.6) is 17.2 Å². The van der Waals surface area contributed by atoms with Crippen molar-refractivity contribution in [2.24, 2.45) is 5.92 Å². The van der Waals surface area contributed by atoms with E-state index in [2.05, 4.69) is 10.6 Å². The number of carbonyl (C=O) groups excluding carboxylic acids is 1. The van der Waals surface area contributed by atoms with Crippen LogP contribution in [0.1, 0.15) is 31.2 Å². The predicted molar refractivity (Wildman–Crippen MR) is 105 cm³/mol. The summed E-state index contributed by atoms with van der Waals surface area (Å²) in [6.45, 7) is 2.73. The Hall–Kier alpha value is -1.66. The van der Waals surface area contributed by atoms with E-state index in [1.807, 2.05) is 12.1 Å². The van der Waals surface area contributed by atoms with Crippen molar-refractivity contribution in [1.82, 2.24) is 10.6 Å². The third kappa shape index (κ3) is 6.25. The highest BCUT2D eigenvalue weighted by atomic mass is 35.5. The van der Waals surface area contributed by atoms with Crippen LogP contribution in [0.3, 0.4) is 0 Å². The van der Waals surface area contributed by atoms with Crippen LogP contribution in [0.2, 0.25) is 0 Å². The second-order valence-corrected chi connectivity index (χ2v) is 6.33. The lowest BCUT2D eigenvalue weighted by Crippen LogP contribution is -2.30. The molecule has 1 aromatic carbocycles. The first-order chi connectivity index (χ1) is 12.2. The molecular formula is C19H31ClN2O4. The van der Waals surface area contributed by atoms with Gasteiger partial charge in [-0.2, -0.15) is 0 Å². The Morgan fingerprint density at radius 2 is 1.81 bits per heavy atom. The van der Waals surface area contributed by atoms with Crippen LogP contribution in [-0.2, 0) is 11.2 Å². The molecule has 0 aliphatic carbocycles. The van der Waals surface area contributed by atoms with Gasteiger partial charge < -0.3 is 24.8 Å². The summed E-state index contributed by atoms with van der Waals surface area (Å²) in [7, 11) is 4.80. The largest absolute Gasteiger partial charge is 0.493 e. The normalized spacial score (nSPS) is 14.3. The molecule has 7 heteroatoms. The van der Waals surface area contributed by atoms with Crippen LogP contribution < -0.4 is 24.8 Å². The van der Waals surface area contributed by atoms with Crippen LogP contribution in [0.15, 0.2) is 12.1 Å². The molecule has 1 fully saturated rings. The number of rotatable bonds is 9. The average Bonchev–Trinajstić information content (AvgIpc) is 2.66. The molecule has 0 radical (unpaired) electrons. The van der Waals surface area contributed by atoms with Crippen molar-refractivity contribution in [1.29, 1.82) is 0 Å². The van der Waals surface area contributed by atoms with Gasteiger partial charge in [-0.15, -0.1) is 12.4 Å². The number of hydrogen-bond donors (Lipinski definition) is 2. The Morgan fingerprint density at radius 3 is 2.42 bits per heavy atom. The second kappa shape index (κ2) is 11.9. The lowest BCUT2D eigenvalue weighted by molar-refractivity contribution is -0.121. The average molecular weight is 387 g/mol. The van der Waals surface area contributed by atoms with Crippen LogP contribution in [0, 0.1) is 5.92 Å². The van der Waals surface area contributed by atoms with E-state index in [0.717, 1.165) is 25.1 Å². The number of piperidine rings is 1. The maximum absolute atomic E-state index is 12.1. The summed E-state index contributed by atoms with van der Waals surface area (Å²) in [5.74, 6) is 2.68. The third-order valence-electron chi connectivity index (χ3n) is 4.74. The number of ether oxygens (including phenoxy) is 3. The minimum absolute atomic E-state index is 0. The quantitative estimate of drug-likeness (QED) is 0.682. The zero-order chi connectivity index (χ0) is 18.1. The van der Waals surface area contributed by atoms with Gasteiger partial charge in [0, 0.05) is 18.5 Å². The van der Waals surface area contributed by atoms with E-state index >= 15 is 0 Å². The summed E-state index contributed by atoms with van der Waals surface area (Å²) in [6, 6.07) is 3.80. The molecule has 0 bridgehead atoms. The number of amides is 1. The summed E-state index contributed by atoms with van der Waals surface area (Å²) < 4.78 is 16.1. The lowest BCUT2D eigenvalue weighted by atomic mass is 9.93. The Labute approximate surface area is 162 Å². The van der Waals surface area contributed by atoms with Crippen LogP contribution in [-0.4, -0.2) is 46.9 Å². The molecule has 2 N–H and O–H groups in total. The minimum Gasteiger partial charge on any atom is -0.493 e. The fourth-order valence-electron chi connectivity index (χ4n) is 3.29. The van der Waals surface area contributed by atoms with Crippen molar-refractivity contribution in [2.45, 2.75) is 32.1 Å². The summed E-state index contributed by atoms with van der Waals surface area (Å²) in [5, 5.41) is 6.36. The van der Waals surface area contributed by atoms with Crippen LogP contribution in [0.4, 0.5) is 0 Å². The van der Waals surface area contributed by atoms with Crippen LogP contribution in [0.25, 0.3) is 0 Å². The number of halogens is 1. The molecule has 1 aliphatic heterocycles. The molecule has 1 saturated heterocycles. The topological polar surface area (TPSA) is 68.8 Å². The van der Waals surface area contributed by atoms with Gasteiger partial charge >= 0.3 is 0 Å². The first-order valence-corrected chi connectivity index (χ1v) is 8.94. The highest BCUT2D eigenvalue weighted by Gasteiger charge is 2.16. The standard InChI is InChI=1S/C19H30N2O4.ClH/c1-23-16-6-5-15(18(24-2)19(16)25-3)10-13-21-17(22)7-4-14-8-11-20-12-9-14;/h5-6,14,20H,4,7-13H2,1-3H3,(H,21,22);1H. The number of hydrogen-bond acceptors (Lipinski definition) is 5. The van der Waals surface area contributed by atoms with Crippen molar-refractivity contribution < 1.29 is 19.0 Å². The fourth-order valence-corrected chi connectivity index (χ4v) is 3.29. The SMILES string of the molecule is COc1ccc(CCNC(=O)CCC2CCNCC2)c(OC)c1OC.Cl. The number of methoxy groups -OCH3 is 3. The van der Waals surface area contributed by atoms with Crippen molar-refractivity contribution in [3.8, 4) is 17.2 Å². The van der Waals surface area contributed by atoms with E-state index in [1.54, 1.807) is 21.3 Å². The maximum Gasteiger partial charge on any atom is 0.220 e. The molecule has 0 unspecified atom stereocenters. The van der Waals surface area contributed by atoms with Gasteiger partial charge in [-0.25, -0.2) is 0 Å². The summed E-state index contributed by atoms with van der Waals surface area (Å²) in [6.07, 6.45) is 4.62. The molecule has 0 saturated carbocycles. The number of carbonyl (C=O) groups is 1. The van der Waals surface area contributed by atoms with Gasteiger partial charge in [-0.1, -0.05) is 6.07 Å². The fraction of sp³-hybridized carbons (Fsp3) is 0.632. The number of nitrogens with one attached hydrogen (secondary N) is 2. The Kier molecular flexibility index (Phi) is 10.2. The van der Waals surface area contributed by atoms with Crippen LogP contribution >= 0.6 is 12.4 Å². The smallest absolute Gasteiger partial charge is 0.220 e. The Bertz CT molecular complexity index is 563. The molecule has 0 spiro atoms. The monoisotopic (exact) mass is 386 g/mol. The van der Waals surface area contributed by atoms with Gasteiger partial charge in [0.05, 0.1) is 21.3 Å². The number of benzene rings is 1. The molecule has 1 aromatic rings. The Morgan fingerprint density at radius 1 is 1.12 bits per heavy atom. The molecule has 0 aromatic heterocycles. The van der Waals surface area contributed by atoms with Gasteiger partial charge in [0.2, 0.25) is 11.7 Å². The van der Waals surface area contributed by atoms with E-state index in [-0.39, 0.29) is 18.3 Å². The molecule has 148 valence electrons. The van der Waals surface area contributed by atoms with E-state index in [4.69, 9.17) is 14.2 Å². The van der Waals surface area contributed by atoms with Gasteiger partial charge in [0.25, 0.3) is 0 Å². The van der Waals surface area contributed by atoms with Gasteiger partial charge in [-0.05, 0) is 50.8 Å². The second-order valence-electron chi connectivity index (χ2n) is 6.33. The van der Waals surface area contributed by atoms with Gasteiger partial charge in [-0.3, -0.25) is 4.79 Å². The molecule has 1 heterocycles. The molecule has 6 nitrogen and oxygen atoms in total. The summed E-state index contributed by atoms with van der Waals surface area (Å²) in [4.78, 5) is 12.1. The molecular weight excluding hydrogens is 356 g/mol. The zero-order valence-corrected chi connectivity index (χ0v) is 16.7. The van der Waals surface area contributed by atoms with E-state index in [1.165, 1.54) is 12.8 Å². The summed E-state index contributed by atoms with van der Waals surface area (Å²) >= 11 is 0.